The Morgan fingerprint density at radius 1 is 1.29 bits per heavy atom. The summed E-state index contributed by atoms with van der Waals surface area (Å²) in [5, 5.41) is 15.5. The molecule has 4 nitrogen and oxygen atoms in total. The lowest BCUT2D eigenvalue weighted by atomic mass is 10.1. The van der Waals surface area contributed by atoms with E-state index in [1.165, 1.54) is 18.6 Å². The Kier molecular flexibility index (Phi) is 3.98. The average molecular weight is 234 g/mol. The van der Waals surface area contributed by atoms with Crippen LogP contribution in [0.15, 0.2) is 24.3 Å². The van der Waals surface area contributed by atoms with Crippen LogP contribution in [-0.4, -0.2) is 30.1 Å². The minimum Gasteiger partial charge on any atom is -0.508 e. The van der Waals surface area contributed by atoms with E-state index >= 15 is 0 Å². The highest BCUT2D eigenvalue weighted by Crippen LogP contribution is 2.10. The predicted octanol–water partition coefficient (Wildman–Crippen LogP) is 1.26. The van der Waals surface area contributed by atoms with Crippen LogP contribution in [-0.2, 0) is 0 Å². The van der Waals surface area contributed by atoms with E-state index in [0.29, 0.717) is 5.56 Å². The highest BCUT2D eigenvalue weighted by Gasteiger charge is 2.15. The van der Waals surface area contributed by atoms with Gasteiger partial charge in [0, 0.05) is 18.2 Å². The minimum atomic E-state index is -0.0706. The average Bonchev–Trinajstić information content (AvgIpc) is 2.58. The zero-order valence-corrected chi connectivity index (χ0v) is 9.78. The molecule has 1 aromatic carbocycles. The summed E-state index contributed by atoms with van der Waals surface area (Å²) < 4.78 is 0. The fourth-order valence-electron chi connectivity index (χ4n) is 2.02. The Morgan fingerprint density at radius 2 is 2.06 bits per heavy atom. The van der Waals surface area contributed by atoms with Gasteiger partial charge in [-0.1, -0.05) is 6.42 Å². The van der Waals surface area contributed by atoms with Crippen molar-refractivity contribution in [1.82, 2.24) is 10.6 Å². The minimum absolute atomic E-state index is 0.0706. The number of rotatable bonds is 2. The Balaban J connectivity index is 1.93. The molecule has 0 aromatic heterocycles. The van der Waals surface area contributed by atoms with Crippen molar-refractivity contribution in [1.29, 1.82) is 0 Å². The van der Waals surface area contributed by atoms with Gasteiger partial charge in [-0.05, 0) is 43.7 Å². The fourth-order valence-corrected chi connectivity index (χ4v) is 2.02. The largest absolute Gasteiger partial charge is 0.508 e. The topological polar surface area (TPSA) is 61.4 Å². The monoisotopic (exact) mass is 234 g/mol. The molecule has 2 rings (SSSR count). The molecule has 1 saturated heterocycles. The standard InChI is InChI=1S/C13H18N2O2/c16-12-6-4-10(5-7-12)13(17)15-11-3-1-2-8-14-9-11/h4-7,11,14,16H,1-3,8-9H2,(H,15,17). The molecule has 1 aromatic rings. The Labute approximate surface area is 101 Å². The molecule has 1 amide bonds. The number of nitrogens with one attached hydrogen (secondary N) is 2. The quantitative estimate of drug-likeness (QED) is 0.722. The third-order valence-electron chi connectivity index (χ3n) is 3.01. The molecule has 17 heavy (non-hydrogen) atoms. The lowest BCUT2D eigenvalue weighted by Crippen LogP contribution is -2.40. The summed E-state index contributed by atoms with van der Waals surface area (Å²) in [7, 11) is 0. The molecule has 0 bridgehead atoms. The predicted molar refractivity (Wildman–Crippen MR) is 66.1 cm³/mol. The molecule has 4 heteroatoms. The lowest BCUT2D eigenvalue weighted by molar-refractivity contribution is 0.0935. The van der Waals surface area contributed by atoms with Crippen LogP contribution in [0.2, 0.25) is 0 Å². The van der Waals surface area contributed by atoms with Crippen LogP contribution in [0.5, 0.6) is 5.75 Å². The van der Waals surface area contributed by atoms with Gasteiger partial charge >= 0.3 is 0 Å². The molecule has 1 heterocycles. The maximum atomic E-state index is 11.9. The smallest absolute Gasteiger partial charge is 0.251 e. The van der Waals surface area contributed by atoms with E-state index in [-0.39, 0.29) is 17.7 Å². The van der Waals surface area contributed by atoms with E-state index in [4.69, 9.17) is 5.11 Å². The summed E-state index contributed by atoms with van der Waals surface area (Å²) >= 11 is 0. The highest BCUT2D eigenvalue weighted by atomic mass is 16.3. The zero-order valence-electron chi connectivity index (χ0n) is 9.78. The number of amides is 1. The number of hydrogen-bond donors (Lipinski definition) is 3. The zero-order chi connectivity index (χ0) is 12.1. The maximum absolute atomic E-state index is 11.9. The number of benzene rings is 1. The second-order valence-electron chi connectivity index (χ2n) is 4.42. The molecule has 0 saturated carbocycles. The molecule has 0 aliphatic carbocycles. The number of carbonyl (C=O) groups excluding carboxylic acids is 1. The Bertz CT molecular complexity index is 368. The lowest BCUT2D eigenvalue weighted by Gasteiger charge is -2.16. The first-order valence-corrected chi connectivity index (χ1v) is 6.06. The number of aromatic hydroxyl groups is 1. The maximum Gasteiger partial charge on any atom is 0.251 e. The van der Waals surface area contributed by atoms with Crippen molar-refractivity contribution < 1.29 is 9.90 Å². The molecule has 1 atom stereocenters. The van der Waals surface area contributed by atoms with Crippen LogP contribution in [0.1, 0.15) is 29.6 Å². The van der Waals surface area contributed by atoms with Gasteiger partial charge in [0.05, 0.1) is 0 Å². The van der Waals surface area contributed by atoms with Crippen LogP contribution in [0.25, 0.3) is 0 Å². The van der Waals surface area contributed by atoms with Crippen LogP contribution in [0.4, 0.5) is 0 Å². The van der Waals surface area contributed by atoms with Crippen LogP contribution >= 0.6 is 0 Å². The van der Waals surface area contributed by atoms with E-state index in [1.54, 1.807) is 12.1 Å². The second kappa shape index (κ2) is 5.68. The van der Waals surface area contributed by atoms with E-state index < -0.39 is 0 Å². The van der Waals surface area contributed by atoms with Gasteiger partial charge in [0.25, 0.3) is 5.91 Å². The number of hydrogen-bond acceptors (Lipinski definition) is 3. The molecule has 3 N–H and O–H groups in total. The van der Waals surface area contributed by atoms with Gasteiger partial charge in [-0.2, -0.15) is 0 Å². The number of phenolic OH excluding ortho intramolecular Hbond substituents is 1. The first-order chi connectivity index (χ1) is 8.25. The molecule has 1 aliphatic heterocycles. The fraction of sp³-hybridized carbons (Fsp3) is 0.462. The first kappa shape index (κ1) is 11.9. The molecule has 1 aliphatic rings. The summed E-state index contributed by atoms with van der Waals surface area (Å²) in [6, 6.07) is 6.53. The summed E-state index contributed by atoms with van der Waals surface area (Å²) in [6.07, 6.45) is 3.34. The molecular formula is C13H18N2O2. The summed E-state index contributed by atoms with van der Waals surface area (Å²) in [6.45, 7) is 1.87. The van der Waals surface area contributed by atoms with Crippen molar-refractivity contribution in [3.8, 4) is 5.75 Å². The normalized spacial score (nSPS) is 20.6. The number of carbonyl (C=O) groups is 1. The Morgan fingerprint density at radius 3 is 2.82 bits per heavy atom. The van der Waals surface area contributed by atoms with Gasteiger partial charge in [-0.25, -0.2) is 0 Å². The van der Waals surface area contributed by atoms with Crippen LogP contribution in [0, 0.1) is 0 Å². The van der Waals surface area contributed by atoms with Crippen LogP contribution in [0.3, 0.4) is 0 Å². The van der Waals surface area contributed by atoms with Crippen molar-refractivity contribution in [2.45, 2.75) is 25.3 Å². The van der Waals surface area contributed by atoms with Crippen molar-refractivity contribution in [3.05, 3.63) is 29.8 Å². The third-order valence-corrected chi connectivity index (χ3v) is 3.01. The van der Waals surface area contributed by atoms with Crippen molar-refractivity contribution in [3.63, 3.8) is 0 Å². The summed E-state index contributed by atoms with van der Waals surface area (Å²) in [5.74, 6) is 0.108. The molecular weight excluding hydrogens is 216 g/mol. The molecule has 0 spiro atoms. The van der Waals surface area contributed by atoms with Crippen LogP contribution < -0.4 is 10.6 Å². The van der Waals surface area contributed by atoms with E-state index in [1.807, 2.05) is 0 Å². The summed E-state index contributed by atoms with van der Waals surface area (Å²) in [5.41, 5.74) is 0.590. The highest BCUT2D eigenvalue weighted by molar-refractivity contribution is 5.94. The van der Waals surface area contributed by atoms with Gasteiger partial charge in [-0.3, -0.25) is 4.79 Å². The van der Waals surface area contributed by atoms with Crippen molar-refractivity contribution >= 4 is 5.91 Å². The second-order valence-corrected chi connectivity index (χ2v) is 4.42. The van der Waals surface area contributed by atoms with Crippen molar-refractivity contribution in [2.75, 3.05) is 13.1 Å². The van der Waals surface area contributed by atoms with E-state index in [2.05, 4.69) is 10.6 Å². The van der Waals surface area contributed by atoms with Gasteiger partial charge in [0.2, 0.25) is 0 Å². The van der Waals surface area contributed by atoms with E-state index in [9.17, 15) is 4.79 Å². The molecule has 1 unspecified atom stereocenters. The summed E-state index contributed by atoms with van der Waals surface area (Å²) in [4.78, 5) is 11.9. The molecule has 1 fully saturated rings. The van der Waals surface area contributed by atoms with E-state index in [0.717, 1.165) is 25.9 Å². The van der Waals surface area contributed by atoms with Crippen molar-refractivity contribution in [2.24, 2.45) is 0 Å². The van der Waals surface area contributed by atoms with Gasteiger partial charge in [-0.15, -0.1) is 0 Å². The molecule has 0 radical (unpaired) electrons. The Hall–Kier alpha value is -1.55. The third kappa shape index (κ3) is 3.46. The number of phenols is 1. The van der Waals surface area contributed by atoms with Gasteiger partial charge in [0.1, 0.15) is 5.75 Å². The first-order valence-electron chi connectivity index (χ1n) is 6.06. The van der Waals surface area contributed by atoms with Gasteiger partial charge in [0.15, 0.2) is 0 Å². The SMILES string of the molecule is O=C(NC1CCCCNC1)c1ccc(O)cc1. The van der Waals surface area contributed by atoms with Gasteiger partial charge < -0.3 is 15.7 Å². The molecule has 92 valence electrons.